The summed E-state index contributed by atoms with van der Waals surface area (Å²) in [7, 11) is -2.68. The van der Waals surface area contributed by atoms with Crippen LogP contribution in [0.5, 0.6) is 0 Å². The maximum absolute atomic E-state index is 13.9. The first-order valence-corrected chi connectivity index (χ1v) is 13.0. The van der Waals surface area contributed by atoms with E-state index in [0.29, 0.717) is 30.4 Å². The van der Waals surface area contributed by atoms with Crippen molar-refractivity contribution in [3.63, 3.8) is 0 Å². The fourth-order valence-electron chi connectivity index (χ4n) is 4.37. The molecule has 2 unspecified atom stereocenters. The molecule has 0 saturated heterocycles. The predicted octanol–water partition coefficient (Wildman–Crippen LogP) is 4.62. The van der Waals surface area contributed by atoms with Gasteiger partial charge in [0, 0.05) is 25.2 Å². The smallest absolute Gasteiger partial charge is 0.407 e. The van der Waals surface area contributed by atoms with Gasteiger partial charge < -0.3 is 15.0 Å². The van der Waals surface area contributed by atoms with Crippen LogP contribution in [-0.4, -0.2) is 53.0 Å². The van der Waals surface area contributed by atoms with Gasteiger partial charge in [-0.25, -0.2) is 0 Å². The zero-order valence-electron chi connectivity index (χ0n) is 20.6. The number of nitrogens with zero attached hydrogens (tertiary/aromatic N) is 1. The van der Waals surface area contributed by atoms with Crippen LogP contribution in [0.1, 0.15) is 36.1 Å². The second kappa shape index (κ2) is 10.3. The molecule has 0 bridgehead atoms. The number of halogens is 6. The van der Waals surface area contributed by atoms with Gasteiger partial charge in [0.05, 0.1) is 13.5 Å². The van der Waals surface area contributed by atoms with Crippen molar-refractivity contribution in [2.24, 2.45) is 0 Å². The molecule has 0 aromatic heterocycles. The topological polar surface area (TPSA) is 113 Å². The van der Waals surface area contributed by atoms with Gasteiger partial charge in [0.15, 0.2) is 10.3 Å². The van der Waals surface area contributed by atoms with E-state index in [9.17, 15) is 49.5 Å². The summed E-state index contributed by atoms with van der Waals surface area (Å²) in [4.78, 5) is 38.1. The molecule has 2 aromatic carbocycles. The number of hydrogen-bond donors (Lipinski definition) is 2. The van der Waals surface area contributed by atoms with Crippen LogP contribution in [0.2, 0.25) is 0 Å². The molecule has 0 fully saturated rings. The lowest BCUT2D eigenvalue weighted by Crippen LogP contribution is -2.55. The van der Waals surface area contributed by atoms with E-state index in [4.69, 9.17) is 0 Å². The summed E-state index contributed by atoms with van der Waals surface area (Å²) in [6.07, 6.45) is -12.8. The molecule has 0 radical (unpaired) electrons. The Kier molecular flexibility index (Phi) is 7.91. The van der Waals surface area contributed by atoms with Gasteiger partial charge >= 0.3 is 18.3 Å². The fourth-order valence-corrected chi connectivity index (χ4v) is 5.05. The normalized spacial score (nSPS) is 17.3. The number of methoxy groups -OCH3 is 1. The summed E-state index contributed by atoms with van der Waals surface area (Å²) < 4.78 is 109. The lowest BCUT2D eigenvalue weighted by atomic mass is 9.76. The summed E-state index contributed by atoms with van der Waals surface area (Å²) >= 11 is 0. The van der Waals surface area contributed by atoms with Gasteiger partial charge in [0.1, 0.15) is 12.3 Å². The van der Waals surface area contributed by atoms with Gasteiger partial charge in [0.2, 0.25) is 16.1 Å². The van der Waals surface area contributed by atoms with Gasteiger partial charge in [-0.15, -0.1) is 0 Å². The van der Waals surface area contributed by atoms with Crippen molar-refractivity contribution in [2.75, 3.05) is 18.7 Å². The Morgan fingerprint density at radius 3 is 2.08 bits per heavy atom. The second-order valence-corrected chi connectivity index (χ2v) is 11.0. The molecule has 212 valence electrons. The summed E-state index contributed by atoms with van der Waals surface area (Å²) in [5.41, 5.74) is -5.28. The van der Waals surface area contributed by atoms with Crippen molar-refractivity contribution >= 4 is 33.7 Å². The van der Waals surface area contributed by atoms with E-state index in [1.807, 2.05) is 0 Å². The Labute approximate surface area is 219 Å². The summed E-state index contributed by atoms with van der Waals surface area (Å²) in [5.74, 6) is -3.07. The SMILES string of the molecule is COC(=O)CC(c1ccc(NC(=O)C2c3ccc([S+](C)(=O)O)cc3CN2C(C)=O)cc1)(C(F)(F)F)C(F)(F)F. The lowest BCUT2D eigenvalue weighted by molar-refractivity contribution is -0.304. The van der Waals surface area contributed by atoms with Gasteiger partial charge in [-0.05, 0) is 34.9 Å². The summed E-state index contributed by atoms with van der Waals surface area (Å²) in [5, 5.41) is 2.37. The van der Waals surface area contributed by atoms with Crippen molar-refractivity contribution in [2.45, 2.75) is 48.6 Å². The van der Waals surface area contributed by atoms with E-state index >= 15 is 0 Å². The number of carbonyl (C=O) groups excluding carboxylic acids is 3. The summed E-state index contributed by atoms with van der Waals surface area (Å²) in [6.45, 7) is 1.12. The van der Waals surface area contributed by atoms with Crippen molar-refractivity contribution in [3.05, 3.63) is 59.2 Å². The Balaban J connectivity index is 1.96. The predicted molar refractivity (Wildman–Crippen MR) is 126 cm³/mol. The van der Waals surface area contributed by atoms with Crippen molar-refractivity contribution in [3.8, 4) is 0 Å². The van der Waals surface area contributed by atoms with Gasteiger partial charge in [0.25, 0.3) is 5.91 Å². The highest BCUT2D eigenvalue weighted by atomic mass is 32.3. The molecule has 1 heterocycles. The monoisotopic (exact) mass is 581 g/mol. The molecule has 0 spiro atoms. The molecule has 3 rings (SSSR count). The van der Waals surface area contributed by atoms with Crippen molar-refractivity contribution < 1.29 is 54.2 Å². The molecule has 1 aliphatic heterocycles. The third-order valence-corrected chi connectivity index (χ3v) is 7.53. The number of esters is 1. The molecule has 0 saturated carbocycles. The largest absolute Gasteiger partial charge is 0.469 e. The minimum atomic E-state index is -5.92. The van der Waals surface area contributed by atoms with Crippen LogP contribution in [0.3, 0.4) is 0 Å². The van der Waals surface area contributed by atoms with E-state index in [1.54, 1.807) is 0 Å². The molecule has 2 amide bonds. The summed E-state index contributed by atoms with van der Waals surface area (Å²) in [6, 6.07) is 5.49. The molecule has 1 aliphatic rings. The first-order valence-electron chi connectivity index (χ1n) is 11.1. The standard InChI is InChI=1S/C24H22F6N2O6S/c1-13(33)32-12-14-10-17(39(3,36)37)8-9-18(14)20(32)21(35)31-16-6-4-15(5-7-16)22(23(25,26)27,24(28,29)30)11-19(34)38-2/h4-10,20H,11-12H2,1-3H3,(H-,31,35,36,37)/p+1. The van der Waals surface area contributed by atoms with Crippen LogP contribution < -0.4 is 5.32 Å². The van der Waals surface area contributed by atoms with Crippen molar-refractivity contribution in [1.82, 2.24) is 4.90 Å². The molecule has 15 heteroatoms. The lowest BCUT2D eigenvalue weighted by Gasteiger charge is -2.37. The van der Waals surface area contributed by atoms with Crippen LogP contribution in [0.25, 0.3) is 0 Å². The maximum Gasteiger partial charge on any atom is 0.407 e. The van der Waals surface area contributed by atoms with Gasteiger partial charge in [-0.3, -0.25) is 14.4 Å². The number of ether oxygens (including phenoxy) is 1. The first-order chi connectivity index (χ1) is 17.8. The second-order valence-electron chi connectivity index (χ2n) is 8.93. The average molecular weight is 582 g/mol. The van der Waals surface area contributed by atoms with E-state index in [2.05, 4.69) is 10.1 Å². The molecule has 39 heavy (non-hydrogen) atoms. The number of nitrogens with one attached hydrogen (secondary N) is 1. The van der Waals surface area contributed by atoms with E-state index in [0.717, 1.165) is 23.3 Å². The zero-order chi connectivity index (χ0) is 29.6. The number of benzene rings is 2. The minimum Gasteiger partial charge on any atom is -0.469 e. The Morgan fingerprint density at radius 1 is 1.05 bits per heavy atom. The number of anilines is 1. The third kappa shape index (κ3) is 5.64. The molecule has 8 nitrogen and oxygen atoms in total. The molecular weight excluding hydrogens is 558 g/mol. The zero-order valence-corrected chi connectivity index (χ0v) is 21.5. The van der Waals surface area contributed by atoms with E-state index < -0.39 is 63.8 Å². The van der Waals surface area contributed by atoms with Crippen LogP contribution in [0.4, 0.5) is 32.0 Å². The first kappa shape index (κ1) is 30.1. The highest BCUT2D eigenvalue weighted by molar-refractivity contribution is 7.97. The maximum atomic E-state index is 13.9. The Morgan fingerprint density at radius 2 is 1.62 bits per heavy atom. The molecule has 2 aromatic rings. The molecule has 2 N–H and O–H groups in total. The Bertz CT molecular complexity index is 1320. The van der Waals surface area contributed by atoms with Gasteiger partial charge in [-0.2, -0.15) is 30.9 Å². The van der Waals surface area contributed by atoms with Crippen LogP contribution >= 0.6 is 0 Å². The molecular formula is C24H23F6N2O6S+. The minimum absolute atomic E-state index is 0.0712. The van der Waals surface area contributed by atoms with Crippen LogP contribution in [0, 0.1) is 0 Å². The fraction of sp³-hybridized carbons (Fsp3) is 0.375. The van der Waals surface area contributed by atoms with Crippen molar-refractivity contribution in [1.29, 1.82) is 0 Å². The van der Waals surface area contributed by atoms with E-state index in [1.165, 1.54) is 25.1 Å². The highest BCUT2D eigenvalue weighted by Crippen LogP contribution is 2.54. The molecule has 0 aliphatic carbocycles. The van der Waals surface area contributed by atoms with Crippen LogP contribution in [0.15, 0.2) is 47.4 Å². The number of alkyl halides is 6. The number of hydrogen-bond acceptors (Lipinski definition) is 5. The number of fused-ring (bicyclic) bond motifs is 1. The van der Waals surface area contributed by atoms with E-state index in [-0.39, 0.29) is 17.1 Å². The van der Waals surface area contributed by atoms with Gasteiger partial charge in [-0.1, -0.05) is 22.4 Å². The number of rotatable bonds is 6. The Hall–Kier alpha value is -3.46. The highest BCUT2D eigenvalue weighted by Gasteiger charge is 2.72. The molecule has 2 atom stereocenters. The van der Waals surface area contributed by atoms with Crippen LogP contribution in [-0.2, 0) is 45.5 Å². The number of amides is 2. The quantitative estimate of drug-likeness (QED) is 0.293. The average Bonchev–Trinajstić information content (AvgIpc) is 3.20. The third-order valence-electron chi connectivity index (χ3n) is 6.40. The number of carbonyl (C=O) groups is 3.